The molecule has 19 heavy (non-hydrogen) atoms. The molecule has 5 heteroatoms. The summed E-state index contributed by atoms with van der Waals surface area (Å²) < 4.78 is 0. The van der Waals surface area contributed by atoms with Crippen LogP contribution in [0.2, 0.25) is 0 Å². The fraction of sp³-hybridized carbons (Fsp3) is 0.857. The highest BCUT2D eigenvalue weighted by Crippen LogP contribution is 2.28. The second-order valence-corrected chi connectivity index (χ2v) is 6.01. The molecule has 1 aliphatic carbocycles. The van der Waals surface area contributed by atoms with Gasteiger partial charge in [-0.15, -0.1) is 0 Å². The number of likely N-dealkylation sites (N-methyl/N-ethyl adjacent to an activating group) is 1. The van der Waals surface area contributed by atoms with Crippen molar-refractivity contribution >= 4 is 11.8 Å². The van der Waals surface area contributed by atoms with E-state index in [4.69, 9.17) is 0 Å². The molecule has 1 saturated heterocycles. The Hall–Kier alpha value is -1.10. The molecule has 1 saturated carbocycles. The summed E-state index contributed by atoms with van der Waals surface area (Å²) in [5, 5.41) is 2.91. The number of hydrogen-bond donors (Lipinski definition) is 1. The SMILES string of the molecule is CN(C)CCN1CC(=O)N[C@@H](C2CCCCC2)C1=O. The number of carbonyl (C=O) groups is 2. The van der Waals surface area contributed by atoms with Gasteiger partial charge in [0.25, 0.3) is 0 Å². The molecule has 0 aromatic carbocycles. The lowest BCUT2D eigenvalue weighted by Crippen LogP contribution is -2.61. The van der Waals surface area contributed by atoms with Crippen molar-refractivity contribution in [2.24, 2.45) is 5.92 Å². The first-order chi connectivity index (χ1) is 9.08. The number of nitrogens with one attached hydrogen (secondary N) is 1. The molecule has 1 atom stereocenters. The van der Waals surface area contributed by atoms with Crippen molar-refractivity contribution in [2.45, 2.75) is 38.1 Å². The average Bonchev–Trinajstić information content (AvgIpc) is 2.40. The molecule has 2 rings (SSSR count). The first-order valence-electron chi connectivity index (χ1n) is 7.31. The van der Waals surface area contributed by atoms with E-state index in [1.165, 1.54) is 19.3 Å². The molecule has 0 radical (unpaired) electrons. The van der Waals surface area contributed by atoms with Crippen molar-refractivity contribution in [1.29, 1.82) is 0 Å². The summed E-state index contributed by atoms with van der Waals surface area (Å²) in [7, 11) is 3.96. The summed E-state index contributed by atoms with van der Waals surface area (Å²) in [4.78, 5) is 28.0. The molecule has 1 heterocycles. The first kappa shape index (κ1) is 14.3. The molecular weight excluding hydrogens is 242 g/mol. The molecule has 2 amide bonds. The van der Waals surface area contributed by atoms with Gasteiger partial charge in [0, 0.05) is 13.1 Å². The third-order valence-electron chi connectivity index (χ3n) is 4.17. The number of piperazine rings is 1. The zero-order chi connectivity index (χ0) is 13.8. The van der Waals surface area contributed by atoms with Crippen LogP contribution < -0.4 is 5.32 Å². The van der Waals surface area contributed by atoms with E-state index in [-0.39, 0.29) is 24.4 Å². The Balaban J connectivity index is 1.98. The molecule has 2 aliphatic rings. The van der Waals surface area contributed by atoms with Gasteiger partial charge in [-0.25, -0.2) is 0 Å². The van der Waals surface area contributed by atoms with E-state index in [1.54, 1.807) is 4.90 Å². The van der Waals surface area contributed by atoms with Gasteiger partial charge in [-0.1, -0.05) is 19.3 Å². The smallest absolute Gasteiger partial charge is 0.245 e. The summed E-state index contributed by atoms with van der Waals surface area (Å²) in [6, 6.07) is -0.274. The highest BCUT2D eigenvalue weighted by molar-refractivity contribution is 5.95. The third kappa shape index (κ3) is 3.69. The quantitative estimate of drug-likeness (QED) is 0.805. The van der Waals surface area contributed by atoms with Crippen LogP contribution in [0.25, 0.3) is 0 Å². The predicted octanol–water partition coefficient (Wildman–Crippen LogP) is 0.455. The van der Waals surface area contributed by atoms with Crippen LogP contribution >= 0.6 is 0 Å². The molecule has 0 aromatic heterocycles. The van der Waals surface area contributed by atoms with Crippen LogP contribution in [0, 0.1) is 5.92 Å². The van der Waals surface area contributed by atoms with Gasteiger partial charge in [-0.2, -0.15) is 0 Å². The Kier molecular flexibility index (Phi) is 4.80. The molecule has 0 bridgehead atoms. The minimum absolute atomic E-state index is 0.00562. The van der Waals surface area contributed by atoms with E-state index in [9.17, 15) is 9.59 Å². The van der Waals surface area contributed by atoms with Crippen LogP contribution in [-0.4, -0.2) is 61.4 Å². The number of amides is 2. The minimum atomic E-state index is -0.274. The van der Waals surface area contributed by atoms with Gasteiger partial charge in [0.15, 0.2) is 0 Å². The zero-order valence-electron chi connectivity index (χ0n) is 12.0. The van der Waals surface area contributed by atoms with Gasteiger partial charge < -0.3 is 15.1 Å². The van der Waals surface area contributed by atoms with Crippen LogP contribution in [0.4, 0.5) is 0 Å². The van der Waals surface area contributed by atoms with Gasteiger partial charge in [0.2, 0.25) is 11.8 Å². The molecule has 1 N–H and O–H groups in total. The van der Waals surface area contributed by atoms with Gasteiger partial charge in [0.1, 0.15) is 6.04 Å². The van der Waals surface area contributed by atoms with Crippen molar-refractivity contribution in [3.05, 3.63) is 0 Å². The Bertz CT molecular complexity index is 338. The summed E-state index contributed by atoms with van der Waals surface area (Å²) >= 11 is 0. The summed E-state index contributed by atoms with van der Waals surface area (Å²) in [6.07, 6.45) is 5.76. The molecule has 5 nitrogen and oxygen atoms in total. The second kappa shape index (κ2) is 6.37. The molecule has 108 valence electrons. The van der Waals surface area contributed by atoms with Gasteiger partial charge in [-0.05, 0) is 32.9 Å². The van der Waals surface area contributed by atoms with E-state index in [0.717, 1.165) is 19.4 Å². The first-order valence-corrected chi connectivity index (χ1v) is 7.31. The van der Waals surface area contributed by atoms with E-state index in [2.05, 4.69) is 5.32 Å². The van der Waals surface area contributed by atoms with Gasteiger partial charge in [0.05, 0.1) is 6.54 Å². The van der Waals surface area contributed by atoms with Crippen molar-refractivity contribution in [1.82, 2.24) is 15.1 Å². The standard InChI is InChI=1S/C14H25N3O2/c1-16(2)8-9-17-10-12(18)15-13(14(17)19)11-6-4-3-5-7-11/h11,13H,3-10H2,1-2H3,(H,15,18)/t13-/m0/s1. The maximum atomic E-state index is 12.5. The molecule has 0 unspecified atom stereocenters. The van der Waals surface area contributed by atoms with Crippen molar-refractivity contribution in [3.8, 4) is 0 Å². The van der Waals surface area contributed by atoms with Crippen LogP contribution in [-0.2, 0) is 9.59 Å². The highest BCUT2D eigenvalue weighted by atomic mass is 16.2. The zero-order valence-corrected chi connectivity index (χ0v) is 12.0. The normalized spacial score (nSPS) is 25.8. The monoisotopic (exact) mass is 267 g/mol. The van der Waals surface area contributed by atoms with Crippen LogP contribution in [0.5, 0.6) is 0 Å². The fourth-order valence-electron chi connectivity index (χ4n) is 3.03. The Labute approximate surface area is 115 Å². The number of carbonyl (C=O) groups excluding carboxylic acids is 2. The Morgan fingerprint density at radius 2 is 1.89 bits per heavy atom. The summed E-state index contributed by atoms with van der Waals surface area (Å²) in [5.74, 6) is 0.453. The highest BCUT2D eigenvalue weighted by Gasteiger charge is 2.37. The molecule has 0 aromatic rings. The summed E-state index contributed by atoms with van der Waals surface area (Å²) in [6.45, 7) is 1.66. The Morgan fingerprint density at radius 1 is 1.21 bits per heavy atom. The number of rotatable bonds is 4. The minimum Gasteiger partial charge on any atom is -0.342 e. The van der Waals surface area contributed by atoms with Gasteiger partial charge >= 0.3 is 0 Å². The van der Waals surface area contributed by atoms with E-state index in [1.807, 2.05) is 19.0 Å². The van der Waals surface area contributed by atoms with E-state index >= 15 is 0 Å². The maximum Gasteiger partial charge on any atom is 0.245 e. The lowest BCUT2D eigenvalue weighted by molar-refractivity contribution is -0.146. The van der Waals surface area contributed by atoms with Crippen molar-refractivity contribution < 1.29 is 9.59 Å². The topological polar surface area (TPSA) is 52.6 Å². The fourth-order valence-corrected chi connectivity index (χ4v) is 3.03. The van der Waals surface area contributed by atoms with Crippen molar-refractivity contribution in [3.63, 3.8) is 0 Å². The predicted molar refractivity (Wildman–Crippen MR) is 73.6 cm³/mol. The maximum absolute atomic E-state index is 12.5. The van der Waals surface area contributed by atoms with Gasteiger partial charge in [-0.3, -0.25) is 9.59 Å². The molecule has 0 spiro atoms. The lowest BCUT2D eigenvalue weighted by atomic mass is 9.82. The van der Waals surface area contributed by atoms with Crippen LogP contribution in [0.15, 0.2) is 0 Å². The Morgan fingerprint density at radius 3 is 2.53 bits per heavy atom. The average molecular weight is 267 g/mol. The number of hydrogen-bond acceptors (Lipinski definition) is 3. The lowest BCUT2D eigenvalue weighted by Gasteiger charge is -2.38. The van der Waals surface area contributed by atoms with E-state index < -0.39 is 0 Å². The molecule has 2 fully saturated rings. The van der Waals surface area contributed by atoms with Crippen molar-refractivity contribution in [2.75, 3.05) is 33.7 Å². The second-order valence-electron chi connectivity index (χ2n) is 6.01. The number of nitrogens with zero attached hydrogens (tertiary/aromatic N) is 2. The largest absolute Gasteiger partial charge is 0.342 e. The van der Waals surface area contributed by atoms with Crippen LogP contribution in [0.3, 0.4) is 0 Å². The van der Waals surface area contributed by atoms with E-state index in [0.29, 0.717) is 12.5 Å². The van der Waals surface area contributed by atoms with Crippen LogP contribution in [0.1, 0.15) is 32.1 Å². The third-order valence-corrected chi connectivity index (χ3v) is 4.17. The molecular formula is C14H25N3O2. The molecule has 1 aliphatic heterocycles. The summed E-state index contributed by atoms with van der Waals surface area (Å²) in [5.41, 5.74) is 0.